The normalized spacial score (nSPS) is 15.4. The summed E-state index contributed by atoms with van der Waals surface area (Å²) >= 11 is 0. The number of hydrogen-bond donors (Lipinski definition) is 0. The van der Waals surface area contributed by atoms with Gasteiger partial charge in [-0.15, -0.1) is 0 Å². The first-order valence-corrected chi connectivity index (χ1v) is 9.11. The van der Waals surface area contributed by atoms with Crippen molar-refractivity contribution in [2.75, 3.05) is 18.6 Å². The van der Waals surface area contributed by atoms with Crippen LogP contribution in [0, 0.1) is 6.92 Å². The highest BCUT2D eigenvalue weighted by atomic mass is 16.5. The molecule has 0 aromatic heterocycles. The van der Waals surface area contributed by atoms with Crippen LogP contribution in [0.15, 0.2) is 65.4 Å². The SMILES string of the molecule is CCOC(=O)C1=C(C)N(c2ccc(C)cc2)C(=O)/C1=C/c1ccc(OC)cc1. The molecule has 1 aliphatic rings. The molecule has 2 aromatic carbocycles. The summed E-state index contributed by atoms with van der Waals surface area (Å²) < 4.78 is 10.4. The Morgan fingerprint density at radius 1 is 1.04 bits per heavy atom. The van der Waals surface area contributed by atoms with E-state index in [0.29, 0.717) is 22.5 Å². The minimum absolute atomic E-state index is 0.240. The fourth-order valence-electron chi connectivity index (χ4n) is 3.15. The number of carbonyl (C=O) groups excluding carboxylic acids is 2. The van der Waals surface area contributed by atoms with Gasteiger partial charge in [0.1, 0.15) is 5.75 Å². The summed E-state index contributed by atoms with van der Waals surface area (Å²) in [5, 5.41) is 0. The lowest BCUT2D eigenvalue weighted by atomic mass is 10.0. The van der Waals surface area contributed by atoms with Crippen molar-refractivity contribution in [3.05, 3.63) is 76.5 Å². The highest BCUT2D eigenvalue weighted by Gasteiger charge is 2.38. The molecule has 0 aliphatic carbocycles. The number of hydrogen-bond acceptors (Lipinski definition) is 4. The van der Waals surface area contributed by atoms with Crippen molar-refractivity contribution in [2.45, 2.75) is 20.8 Å². The zero-order valence-corrected chi connectivity index (χ0v) is 16.5. The molecule has 144 valence electrons. The number of methoxy groups -OCH3 is 1. The number of anilines is 1. The van der Waals surface area contributed by atoms with Crippen LogP contribution in [0.4, 0.5) is 5.69 Å². The van der Waals surface area contributed by atoms with Gasteiger partial charge in [-0.05, 0) is 56.7 Å². The number of rotatable bonds is 5. The molecule has 0 atom stereocenters. The smallest absolute Gasteiger partial charge is 0.340 e. The number of esters is 1. The van der Waals surface area contributed by atoms with Gasteiger partial charge in [-0.2, -0.15) is 0 Å². The quantitative estimate of drug-likeness (QED) is 0.577. The summed E-state index contributed by atoms with van der Waals surface area (Å²) in [4.78, 5) is 27.4. The average molecular weight is 377 g/mol. The number of aryl methyl sites for hydroxylation is 1. The molecular weight excluding hydrogens is 354 g/mol. The lowest BCUT2D eigenvalue weighted by molar-refractivity contribution is -0.138. The van der Waals surface area contributed by atoms with Crippen molar-refractivity contribution >= 4 is 23.6 Å². The van der Waals surface area contributed by atoms with Crippen LogP contribution in [0.5, 0.6) is 5.75 Å². The number of benzene rings is 2. The van der Waals surface area contributed by atoms with Gasteiger partial charge in [0.15, 0.2) is 0 Å². The van der Waals surface area contributed by atoms with Gasteiger partial charge in [0.2, 0.25) is 0 Å². The zero-order chi connectivity index (χ0) is 20.3. The Bertz CT molecular complexity index is 953. The predicted molar refractivity (Wildman–Crippen MR) is 109 cm³/mol. The van der Waals surface area contributed by atoms with E-state index < -0.39 is 5.97 Å². The molecular formula is C23H23NO4. The molecule has 28 heavy (non-hydrogen) atoms. The topological polar surface area (TPSA) is 55.8 Å². The van der Waals surface area contributed by atoms with E-state index in [1.54, 1.807) is 31.9 Å². The number of allylic oxidation sites excluding steroid dienone is 1. The summed E-state index contributed by atoms with van der Waals surface area (Å²) in [6, 6.07) is 14.9. The van der Waals surface area contributed by atoms with Crippen molar-refractivity contribution in [3.8, 4) is 5.75 Å². The van der Waals surface area contributed by atoms with Crippen molar-refractivity contribution in [3.63, 3.8) is 0 Å². The standard InChI is InChI=1S/C23H23NO4/c1-5-28-23(26)21-16(3)24(18-10-6-15(2)7-11-18)22(25)20(21)14-17-8-12-19(27-4)13-9-17/h6-14H,5H2,1-4H3/b20-14+. The molecule has 5 nitrogen and oxygen atoms in total. The van der Waals surface area contributed by atoms with E-state index in [9.17, 15) is 9.59 Å². The third-order valence-electron chi connectivity index (χ3n) is 4.60. The Morgan fingerprint density at radius 3 is 2.25 bits per heavy atom. The van der Waals surface area contributed by atoms with E-state index >= 15 is 0 Å². The Hall–Kier alpha value is -3.34. The first-order valence-electron chi connectivity index (χ1n) is 9.11. The summed E-state index contributed by atoms with van der Waals surface area (Å²) in [5.74, 6) is -0.0264. The maximum absolute atomic E-state index is 13.2. The van der Waals surface area contributed by atoms with Crippen LogP contribution in [-0.2, 0) is 14.3 Å². The molecule has 1 heterocycles. The minimum atomic E-state index is -0.497. The third-order valence-corrected chi connectivity index (χ3v) is 4.60. The van der Waals surface area contributed by atoms with Gasteiger partial charge in [-0.25, -0.2) is 4.79 Å². The van der Waals surface area contributed by atoms with Crippen LogP contribution in [-0.4, -0.2) is 25.6 Å². The molecule has 0 unspecified atom stereocenters. The fraction of sp³-hybridized carbons (Fsp3) is 0.217. The third kappa shape index (κ3) is 3.69. The van der Waals surface area contributed by atoms with E-state index in [0.717, 1.165) is 16.9 Å². The number of amides is 1. The van der Waals surface area contributed by atoms with Crippen molar-refractivity contribution < 1.29 is 19.1 Å². The Balaban J connectivity index is 2.08. The lowest BCUT2D eigenvalue weighted by Gasteiger charge is -2.18. The van der Waals surface area contributed by atoms with Gasteiger partial charge in [-0.1, -0.05) is 29.8 Å². The van der Waals surface area contributed by atoms with Gasteiger partial charge in [0.25, 0.3) is 5.91 Å². The highest BCUT2D eigenvalue weighted by Crippen LogP contribution is 2.35. The van der Waals surface area contributed by atoms with Crippen LogP contribution < -0.4 is 9.64 Å². The molecule has 5 heteroatoms. The first-order chi connectivity index (χ1) is 13.5. The summed E-state index contributed by atoms with van der Waals surface area (Å²) in [6.45, 7) is 5.73. The van der Waals surface area contributed by atoms with Gasteiger partial charge < -0.3 is 9.47 Å². The maximum Gasteiger partial charge on any atom is 0.340 e. The zero-order valence-electron chi connectivity index (χ0n) is 16.5. The maximum atomic E-state index is 13.2. The van der Waals surface area contributed by atoms with Crippen LogP contribution in [0.1, 0.15) is 25.0 Å². The van der Waals surface area contributed by atoms with E-state index in [4.69, 9.17) is 9.47 Å². The van der Waals surface area contributed by atoms with E-state index in [1.165, 1.54) is 0 Å². The fourth-order valence-corrected chi connectivity index (χ4v) is 3.15. The van der Waals surface area contributed by atoms with E-state index in [-0.39, 0.29) is 12.5 Å². The largest absolute Gasteiger partial charge is 0.497 e. The lowest BCUT2D eigenvalue weighted by Crippen LogP contribution is -2.24. The average Bonchev–Trinajstić information content (AvgIpc) is 2.93. The van der Waals surface area contributed by atoms with Crippen molar-refractivity contribution in [1.29, 1.82) is 0 Å². The first kappa shape index (κ1) is 19.4. The number of ether oxygens (including phenoxy) is 2. The van der Waals surface area contributed by atoms with Crippen LogP contribution in [0.25, 0.3) is 6.08 Å². The number of nitrogens with zero attached hydrogens (tertiary/aromatic N) is 1. The predicted octanol–water partition coefficient (Wildman–Crippen LogP) is 4.27. The van der Waals surface area contributed by atoms with Gasteiger partial charge in [0, 0.05) is 11.4 Å². The molecule has 0 spiro atoms. The summed E-state index contributed by atoms with van der Waals surface area (Å²) in [5.41, 5.74) is 3.78. The van der Waals surface area contributed by atoms with Crippen molar-refractivity contribution in [2.24, 2.45) is 0 Å². The monoisotopic (exact) mass is 377 g/mol. The Morgan fingerprint density at radius 2 is 1.68 bits per heavy atom. The molecule has 3 rings (SSSR count). The van der Waals surface area contributed by atoms with E-state index in [2.05, 4.69) is 0 Å². The molecule has 0 saturated heterocycles. The molecule has 0 fully saturated rings. The van der Waals surface area contributed by atoms with Crippen molar-refractivity contribution in [1.82, 2.24) is 0 Å². The summed E-state index contributed by atoms with van der Waals surface area (Å²) in [7, 11) is 1.60. The van der Waals surface area contributed by atoms with Gasteiger partial charge in [0.05, 0.1) is 24.9 Å². The molecule has 1 amide bonds. The Kier molecular flexibility index (Phi) is 5.64. The summed E-state index contributed by atoms with van der Waals surface area (Å²) in [6.07, 6.45) is 1.71. The molecule has 0 bridgehead atoms. The second-order valence-corrected chi connectivity index (χ2v) is 6.49. The van der Waals surface area contributed by atoms with Crippen LogP contribution >= 0.6 is 0 Å². The van der Waals surface area contributed by atoms with Crippen LogP contribution in [0.2, 0.25) is 0 Å². The van der Waals surface area contributed by atoms with Crippen LogP contribution in [0.3, 0.4) is 0 Å². The molecule has 0 radical (unpaired) electrons. The molecule has 1 aliphatic heterocycles. The second-order valence-electron chi connectivity index (χ2n) is 6.49. The Labute approximate surface area is 164 Å². The van der Waals surface area contributed by atoms with E-state index in [1.807, 2.05) is 55.5 Å². The highest BCUT2D eigenvalue weighted by molar-refractivity contribution is 6.23. The number of carbonyl (C=O) groups is 2. The molecule has 0 saturated carbocycles. The molecule has 2 aromatic rings. The van der Waals surface area contributed by atoms with Gasteiger partial charge in [-0.3, -0.25) is 9.69 Å². The van der Waals surface area contributed by atoms with Gasteiger partial charge >= 0.3 is 5.97 Å². The molecule has 0 N–H and O–H groups in total. The minimum Gasteiger partial charge on any atom is -0.497 e. The second kappa shape index (κ2) is 8.13.